The maximum atomic E-state index is 5.90. The topological polar surface area (TPSA) is 76.7 Å². The molecule has 4 saturated heterocycles. The molecule has 4 fully saturated rings. The normalized spacial score (nSPS) is 30.8. The maximum absolute atomic E-state index is 5.90. The van der Waals surface area contributed by atoms with Gasteiger partial charge < -0.3 is 25.0 Å². The lowest BCUT2D eigenvalue weighted by atomic mass is 10.2. The second-order valence-electron chi connectivity index (χ2n) is 8.69. The van der Waals surface area contributed by atoms with E-state index in [2.05, 4.69) is 15.9 Å². The highest BCUT2D eigenvalue weighted by molar-refractivity contribution is 5.65. The van der Waals surface area contributed by atoms with E-state index in [9.17, 15) is 0 Å². The van der Waals surface area contributed by atoms with Crippen molar-refractivity contribution in [1.82, 2.24) is 9.97 Å². The lowest BCUT2D eigenvalue weighted by molar-refractivity contribution is 0.0894. The van der Waals surface area contributed by atoms with Gasteiger partial charge in [0.1, 0.15) is 11.6 Å². The first-order valence-electron chi connectivity index (χ1n) is 10.7. The molecule has 152 valence electrons. The number of hydrogen-bond donors (Lipinski definition) is 1. The number of rotatable bonds is 3. The molecule has 0 amide bonds. The van der Waals surface area contributed by atoms with Crippen molar-refractivity contribution in [2.24, 2.45) is 0 Å². The maximum Gasteiger partial charge on any atom is 0.163 e. The van der Waals surface area contributed by atoms with Crippen LogP contribution >= 0.6 is 0 Å². The van der Waals surface area contributed by atoms with Crippen LogP contribution in [-0.4, -0.2) is 60.6 Å². The number of benzene rings is 1. The average Bonchev–Trinajstić information content (AvgIpc) is 3.15. The molecular formula is C22H27N5O2. The summed E-state index contributed by atoms with van der Waals surface area (Å²) >= 11 is 0. The number of morpholine rings is 2. The number of aromatic nitrogens is 2. The predicted molar refractivity (Wildman–Crippen MR) is 112 cm³/mol. The third kappa shape index (κ3) is 2.95. The summed E-state index contributed by atoms with van der Waals surface area (Å²) in [5.74, 6) is 2.83. The van der Waals surface area contributed by atoms with Crippen LogP contribution in [0.2, 0.25) is 0 Å². The molecule has 29 heavy (non-hydrogen) atoms. The van der Waals surface area contributed by atoms with E-state index in [0.717, 1.165) is 55.1 Å². The van der Waals surface area contributed by atoms with Gasteiger partial charge in [0, 0.05) is 17.3 Å². The largest absolute Gasteiger partial charge is 0.399 e. The number of nitrogen functional groups attached to an aromatic ring is 1. The van der Waals surface area contributed by atoms with Gasteiger partial charge in [-0.25, -0.2) is 9.97 Å². The zero-order chi connectivity index (χ0) is 19.4. The van der Waals surface area contributed by atoms with E-state index < -0.39 is 0 Å². The van der Waals surface area contributed by atoms with Crippen LogP contribution in [0.5, 0.6) is 0 Å². The molecule has 5 heterocycles. The van der Waals surface area contributed by atoms with Crippen molar-refractivity contribution >= 4 is 17.3 Å². The molecule has 7 heteroatoms. The van der Waals surface area contributed by atoms with Crippen LogP contribution in [0.25, 0.3) is 11.4 Å². The molecule has 2 aromatic rings. The summed E-state index contributed by atoms with van der Waals surface area (Å²) in [5, 5.41) is 0. The highest BCUT2D eigenvalue weighted by Gasteiger charge is 2.41. The molecule has 0 saturated carbocycles. The first-order valence-corrected chi connectivity index (χ1v) is 10.7. The second-order valence-corrected chi connectivity index (χ2v) is 8.69. The van der Waals surface area contributed by atoms with Crippen LogP contribution < -0.4 is 15.5 Å². The molecule has 4 aliphatic rings. The minimum absolute atomic E-state index is 0.414. The van der Waals surface area contributed by atoms with Gasteiger partial charge >= 0.3 is 0 Å². The fourth-order valence-electron chi connectivity index (χ4n) is 5.45. The monoisotopic (exact) mass is 393 g/mol. The number of hydrogen-bond acceptors (Lipinski definition) is 7. The quantitative estimate of drug-likeness (QED) is 0.803. The first-order chi connectivity index (χ1) is 14.3. The fraction of sp³-hybridized carbons (Fsp3) is 0.545. The summed E-state index contributed by atoms with van der Waals surface area (Å²) in [7, 11) is 0. The Morgan fingerprint density at radius 3 is 1.62 bits per heavy atom. The van der Waals surface area contributed by atoms with Gasteiger partial charge in [0.05, 0.1) is 50.6 Å². The number of nitrogens with zero attached hydrogens (tertiary/aromatic N) is 4. The molecule has 4 atom stereocenters. The van der Waals surface area contributed by atoms with Crippen molar-refractivity contribution in [2.45, 2.75) is 49.9 Å². The van der Waals surface area contributed by atoms with Crippen LogP contribution in [-0.2, 0) is 9.47 Å². The molecule has 0 aliphatic carbocycles. The Kier molecular flexibility index (Phi) is 4.13. The molecule has 4 bridgehead atoms. The Hall–Kier alpha value is -2.38. The Morgan fingerprint density at radius 2 is 1.17 bits per heavy atom. The Bertz CT molecular complexity index is 824. The summed E-state index contributed by atoms with van der Waals surface area (Å²) in [4.78, 5) is 15.0. The minimum atomic E-state index is 0.414. The lowest BCUT2D eigenvalue weighted by Crippen LogP contribution is -2.48. The van der Waals surface area contributed by atoms with Gasteiger partial charge in [-0.2, -0.15) is 0 Å². The molecule has 0 radical (unpaired) electrons. The third-order valence-corrected chi connectivity index (χ3v) is 6.88. The molecule has 4 aliphatic heterocycles. The van der Waals surface area contributed by atoms with Crippen LogP contribution in [0.15, 0.2) is 30.3 Å². The number of fused-ring (bicyclic) bond motifs is 4. The van der Waals surface area contributed by atoms with Gasteiger partial charge in [0.15, 0.2) is 5.82 Å². The van der Waals surface area contributed by atoms with Gasteiger partial charge in [0.2, 0.25) is 0 Å². The Morgan fingerprint density at radius 1 is 0.724 bits per heavy atom. The highest BCUT2D eigenvalue weighted by atomic mass is 16.5. The van der Waals surface area contributed by atoms with Crippen molar-refractivity contribution in [3.63, 3.8) is 0 Å². The Balaban J connectivity index is 1.45. The van der Waals surface area contributed by atoms with E-state index in [0.29, 0.717) is 24.2 Å². The number of nitrogens with two attached hydrogens (primary N) is 1. The zero-order valence-corrected chi connectivity index (χ0v) is 16.5. The van der Waals surface area contributed by atoms with Gasteiger partial charge in [-0.3, -0.25) is 0 Å². The molecule has 2 N–H and O–H groups in total. The fourth-order valence-corrected chi connectivity index (χ4v) is 5.45. The lowest BCUT2D eigenvalue weighted by Gasteiger charge is -2.38. The second kappa shape index (κ2) is 6.85. The van der Waals surface area contributed by atoms with E-state index in [1.807, 2.05) is 24.3 Å². The van der Waals surface area contributed by atoms with E-state index in [-0.39, 0.29) is 0 Å². The minimum Gasteiger partial charge on any atom is -0.399 e. The van der Waals surface area contributed by atoms with Crippen molar-refractivity contribution in [3.8, 4) is 11.4 Å². The highest BCUT2D eigenvalue weighted by Crippen LogP contribution is 2.38. The summed E-state index contributed by atoms with van der Waals surface area (Å²) in [6, 6.07) is 11.7. The summed E-state index contributed by atoms with van der Waals surface area (Å²) in [5.41, 5.74) is 7.66. The van der Waals surface area contributed by atoms with E-state index in [1.165, 1.54) is 25.7 Å². The van der Waals surface area contributed by atoms with E-state index >= 15 is 0 Å². The van der Waals surface area contributed by atoms with E-state index in [4.69, 9.17) is 25.2 Å². The van der Waals surface area contributed by atoms with Gasteiger partial charge in [0.25, 0.3) is 0 Å². The van der Waals surface area contributed by atoms with Crippen molar-refractivity contribution in [3.05, 3.63) is 30.3 Å². The third-order valence-electron chi connectivity index (χ3n) is 6.88. The molecule has 1 aromatic carbocycles. The Labute approximate surface area is 170 Å². The molecule has 4 unspecified atom stereocenters. The molecule has 1 aromatic heterocycles. The molecule has 7 nitrogen and oxygen atoms in total. The molecular weight excluding hydrogens is 366 g/mol. The van der Waals surface area contributed by atoms with Crippen LogP contribution in [0.3, 0.4) is 0 Å². The standard InChI is InChI=1S/C22H27N5O2/c23-15-3-1-14(2-4-15)22-24-20(26-16-5-6-17(26)11-28-10-16)9-21(25-22)27-18-7-8-19(27)13-29-12-18/h1-4,9,16-19H,5-8,10-13,23H2. The summed E-state index contributed by atoms with van der Waals surface area (Å²) in [6.45, 7) is 3.15. The van der Waals surface area contributed by atoms with Gasteiger partial charge in [-0.05, 0) is 49.9 Å². The van der Waals surface area contributed by atoms with Crippen LogP contribution in [0.4, 0.5) is 17.3 Å². The number of ether oxygens (including phenoxy) is 2. The SMILES string of the molecule is Nc1ccc(-c2nc(N3C4CCC3COC4)cc(N3C4CCC3COC4)n2)cc1. The number of anilines is 3. The van der Waals surface area contributed by atoms with Gasteiger partial charge in [-0.15, -0.1) is 0 Å². The van der Waals surface area contributed by atoms with Crippen LogP contribution in [0, 0.1) is 0 Å². The van der Waals surface area contributed by atoms with Crippen molar-refractivity contribution in [2.75, 3.05) is 42.0 Å². The smallest absolute Gasteiger partial charge is 0.163 e. The predicted octanol–water partition coefficient (Wildman–Crippen LogP) is 2.46. The average molecular weight is 393 g/mol. The van der Waals surface area contributed by atoms with Gasteiger partial charge in [-0.1, -0.05) is 0 Å². The summed E-state index contributed by atoms with van der Waals surface area (Å²) in [6.07, 6.45) is 4.68. The van der Waals surface area contributed by atoms with Crippen molar-refractivity contribution < 1.29 is 9.47 Å². The first kappa shape index (κ1) is 17.5. The molecule has 0 spiro atoms. The summed E-state index contributed by atoms with van der Waals surface area (Å²) < 4.78 is 11.6. The molecule has 6 rings (SSSR count). The van der Waals surface area contributed by atoms with Crippen LogP contribution in [0.1, 0.15) is 25.7 Å². The van der Waals surface area contributed by atoms with E-state index in [1.54, 1.807) is 0 Å². The van der Waals surface area contributed by atoms with Crippen molar-refractivity contribution in [1.29, 1.82) is 0 Å². The zero-order valence-electron chi connectivity index (χ0n) is 16.5.